The Bertz CT molecular complexity index is 1050. The van der Waals surface area contributed by atoms with E-state index in [1.165, 1.54) is 24.3 Å². The van der Waals surface area contributed by atoms with E-state index in [0.29, 0.717) is 23.6 Å². The van der Waals surface area contributed by atoms with E-state index in [4.69, 9.17) is 9.47 Å². The Kier molecular flexibility index (Phi) is 4.46. The van der Waals surface area contributed by atoms with Crippen LogP contribution in [-0.2, 0) is 21.4 Å². The largest absolute Gasteiger partial charge is 0.454 e. The van der Waals surface area contributed by atoms with Crippen molar-refractivity contribution in [3.8, 4) is 11.5 Å². The van der Waals surface area contributed by atoms with Gasteiger partial charge in [0.2, 0.25) is 22.7 Å². The first-order valence-electron chi connectivity index (χ1n) is 8.69. The molecule has 0 unspecified atom stereocenters. The smallest absolute Gasteiger partial charge is 0.251 e. The van der Waals surface area contributed by atoms with Crippen molar-refractivity contribution in [2.24, 2.45) is 5.92 Å². The lowest BCUT2D eigenvalue weighted by atomic mass is 10.1. The molecule has 2 aromatic carbocycles. The van der Waals surface area contributed by atoms with E-state index in [2.05, 4.69) is 5.32 Å². The molecule has 1 fully saturated rings. The van der Waals surface area contributed by atoms with Crippen molar-refractivity contribution in [2.45, 2.75) is 13.5 Å². The number of sulfonamides is 1. The molecule has 2 heterocycles. The number of ether oxygens (including phenoxy) is 2. The lowest BCUT2D eigenvalue weighted by Crippen LogP contribution is -2.30. The van der Waals surface area contributed by atoms with Crippen LogP contribution in [0.4, 0.5) is 5.69 Å². The molecule has 0 spiro atoms. The fraction of sp³-hybridized carbons (Fsp3) is 0.263. The SMILES string of the molecule is C[C@H]1CS(=O)(=O)N(c2ccc(C(=O)NCc3ccc4c(c3)OCO4)cc2)C1=O. The van der Waals surface area contributed by atoms with Crippen LogP contribution in [0.2, 0.25) is 0 Å². The molecule has 2 amide bonds. The van der Waals surface area contributed by atoms with Gasteiger partial charge in [-0.15, -0.1) is 0 Å². The maximum absolute atomic E-state index is 12.4. The predicted octanol–water partition coefficient (Wildman–Crippen LogP) is 1.66. The molecular weight excluding hydrogens is 384 g/mol. The van der Waals surface area contributed by atoms with Gasteiger partial charge in [-0.1, -0.05) is 13.0 Å². The predicted molar refractivity (Wildman–Crippen MR) is 101 cm³/mol. The van der Waals surface area contributed by atoms with Crippen LogP contribution < -0.4 is 19.1 Å². The fourth-order valence-corrected chi connectivity index (χ4v) is 4.99. The van der Waals surface area contributed by atoms with E-state index < -0.39 is 21.8 Å². The van der Waals surface area contributed by atoms with Crippen LogP contribution in [0.25, 0.3) is 0 Å². The number of anilines is 1. The highest BCUT2D eigenvalue weighted by atomic mass is 32.2. The molecule has 0 aromatic heterocycles. The molecule has 0 radical (unpaired) electrons. The standard InChI is InChI=1S/C19H18N2O6S/c1-12-10-28(24,25)21(19(12)23)15-5-3-14(4-6-15)18(22)20-9-13-2-7-16-17(8-13)27-11-26-16/h2-8,12H,9-11H2,1H3,(H,20,22)/t12-/m0/s1. The zero-order valence-electron chi connectivity index (χ0n) is 15.0. The highest BCUT2D eigenvalue weighted by molar-refractivity contribution is 7.94. The maximum atomic E-state index is 12.4. The van der Waals surface area contributed by atoms with E-state index in [0.717, 1.165) is 9.87 Å². The van der Waals surface area contributed by atoms with Gasteiger partial charge in [-0.05, 0) is 42.0 Å². The molecule has 146 valence electrons. The number of benzene rings is 2. The van der Waals surface area contributed by atoms with Crippen LogP contribution in [0.15, 0.2) is 42.5 Å². The van der Waals surface area contributed by atoms with E-state index in [-0.39, 0.29) is 24.1 Å². The molecule has 0 saturated carbocycles. The minimum Gasteiger partial charge on any atom is -0.454 e. The first-order chi connectivity index (χ1) is 13.3. The van der Waals surface area contributed by atoms with Gasteiger partial charge in [0.25, 0.3) is 5.91 Å². The molecule has 1 atom stereocenters. The zero-order valence-corrected chi connectivity index (χ0v) is 15.9. The Balaban J connectivity index is 1.44. The molecule has 2 aliphatic heterocycles. The summed E-state index contributed by atoms with van der Waals surface area (Å²) in [6.07, 6.45) is 0. The highest BCUT2D eigenvalue weighted by Crippen LogP contribution is 2.32. The molecular formula is C19H18N2O6S. The van der Waals surface area contributed by atoms with Crippen LogP contribution in [0, 0.1) is 5.92 Å². The zero-order chi connectivity index (χ0) is 19.9. The quantitative estimate of drug-likeness (QED) is 0.835. The van der Waals surface area contributed by atoms with Crippen LogP contribution in [0.1, 0.15) is 22.8 Å². The second-order valence-corrected chi connectivity index (χ2v) is 8.56. The molecule has 8 nitrogen and oxygen atoms in total. The van der Waals surface area contributed by atoms with E-state index in [9.17, 15) is 18.0 Å². The molecule has 9 heteroatoms. The third-order valence-electron chi connectivity index (χ3n) is 4.61. The number of nitrogens with one attached hydrogen (secondary N) is 1. The second kappa shape index (κ2) is 6.83. The van der Waals surface area contributed by atoms with Crippen molar-refractivity contribution in [2.75, 3.05) is 16.9 Å². The monoisotopic (exact) mass is 402 g/mol. The van der Waals surface area contributed by atoms with Gasteiger partial charge in [-0.3, -0.25) is 9.59 Å². The lowest BCUT2D eigenvalue weighted by molar-refractivity contribution is -0.119. The number of hydrogen-bond acceptors (Lipinski definition) is 6. The van der Waals surface area contributed by atoms with E-state index >= 15 is 0 Å². The van der Waals surface area contributed by atoms with Gasteiger partial charge in [0, 0.05) is 12.1 Å². The first kappa shape index (κ1) is 18.3. The van der Waals surface area contributed by atoms with Gasteiger partial charge in [-0.2, -0.15) is 0 Å². The van der Waals surface area contributed by atoms with Crippen molar-refractivity contribution in [3.05, 3.63) is 53.6 Å². The van der Waals surface area contributed by atoms with E-state index in [1.54, 1.807) is 19.1 Å². The summed E-state index contributed by atoms with van der Waals surface area (Å²) in [5.74, 6) is -0.236. The third kappa shape index (κ3) is 3.29. The van der Waals surface area contributed by atoms with Crippen LogP contribution in [0.3, 0.4) is 0 Å². The van der Waals surface area contributed by atoms with Gasteiger partial charge in [0.05, 0.1) is 17.4 Å². The summed E-state index contributed by atoms with van der Waals surface area (Å²) < 4.78 is 35.7. The Morgan fingerprint density at radius 3 is 2.54 bits per heavy atom. The highest BCUT2D eigenvalue weighted by Gasteiger charge is 2.41. The normalized spacial score (nSPS) is 19.7. The summed E-state index contributed by atoms with van der Waals surface area (Å²) in [6.45, 7) is 2.07. The number of carbonyl (C=O) groups excluding carboxylic acids is 2. The topological polar surface area (TPSA) is 102 Å². The number of rotatable bonds is 4. The molecule has 2 aliphatic rings. The second-order valence-electron chi connectivity index (χ2n) is 6.70. The van der Waals surface area contributed by atoms with Gasteiger partial charge < -0.3 is 14.8 Å². The van der Waals surface area contributed by atoms with Gasteiger partial charge in [-0.25, -0.2) is 12.7 Å². The van der Waals surface area contributed by atoms with Crippen LogP contribution >= 0.6 is 0 Å². The minimum atomic E-state index is -3.66. The lowest BCUT2D eigenvalue weighted by Gasteiger charge is -2.15. The molecule has 1 N–H and O–H groups in total. The fourth-order valence-electron chi connectivity index (χ4n) is 3.17. The molecule has 1 saturated heterocycles. The van der Waals surface area contributed by atoms with Crippen molar-refractivity contribution in [1.82, 2.24) is 5.32 Å². The molecule has 4 rings (SSSR count). The Hall–Kier alpha value is -3.07. The molecule has 0 bridgehead atoms. The van der Waals surface area contributed by atoms with E-state index in [1.807, 2.05) is 6.07 Å². The summed E-state index contributed by atoms with van der Waals surface area (Å²) in [7, 11) is -3.66. The summed E-state index contributed by atoms with van der Waals surface area (Å²) in [5.41, 5.74) is 1.46. The van der Waals surface area contributed by atoms with Gasteiger partial charge >= 0.3 is 0 Å². The summed E-state index contributed by atoms with van der Waals surface area (Å²) in [6, 6.07) is 11.3. The van der Waals surface area contributed by atoms with Crippen molar-refractivity contribution >= 4 is 27.5 Å². The van der Waals surface area contributed by atoms with Crippen molar-refractivity contribution in [1.29, 1.82) is 0 Å². The maximum Gasteiger partial charge on any atom is 0.251 e. The Labute approximate surface area is 162 Å². The Morgan fingerprint density at radius 2 is 1.86 bits per heavy atom. The third-order valence-corrected chi connectivity index (χ3v) is 6.48. The van der Waals surface area contributed by atoms with Crippen molar-refractivity contribution < 1.29 is 27.5 Å². The van der Waals surface area contributed by atoms with Crippen LogP contribution in [0.5, 0.6) is 11.5 Å². The number of nitrogens with zero attached hydrogens (tertiary/aromatic N) is 1. The molecule has 28 heavy (non-hydrogen) atoms. The molecule has 2 aromatic rings. The summed E-state index contributed by atoms with van der Waals surface area (Å²) in [4.78, 5) is 24.5. The summed E-state index contributed by atoms with van der Waals surface area (Å²) >= 11 is 0. The average Bonchev–Trinajstić information content (AvgIpc) is 3.21. The number of carbonyl (C=O) groups is 2. The van der Waals surface area contributed by atoms with Crippen molar-refractivity contribution in [3.63, 3.8) is 0 Å². The average molecular weight is 402 g/mol. The number of fused-ring (bicyclic) bond motifs is 1. The van der Waals surface area contributed by atoms with Gasteiger partial charge in [0.1, 0.15) is 0 Å². The van der Waals surface area contributed by atoms with Crippen LogP contribution in [-0.4, -0.2) is 32.8 Å². The number of amides is 2. The molecule has 0 aliphatic carbocycles. The minimum absolute atomic E-state index is 0.186. The Morgan fingerprint density at radius 1 is 1.14 bits per heavy atom. The summed E-state index contributed by atoms with van der Waals surface area (Å²) in [5, 5.41) is 2.79. The number of hydrogen-bond donors (Lipinski definition) is 1. The first-order valence-corrected chi connectivity index (χ1v) is 10.3. The van der Waals surface area contributed by atoms with Gasteiger partial charge in [0.15, 0.2) is 11.5 Å².